The molecule has 2 amide bonds. The highest BCUT2D eigenvalue weighted by molar-refractivity contribution is 5.80. The number of rotatable bonds is 8. The van der Waals surface area contributed by atoms with Gasteiger partial charge in [-0.3, -0.25) is 14.4 Å². The van der Waals surface area contributed by atoms with Gasteiger partial charge in [-0.05, 0) is 36.1 Å². The fourth-order valence-corrected chi connectivity index (χ4v) is 3.59. The average molecular weight is 421 g/mol. The summed E-state index contributed by atoms with van der Waals surface area (Å²) < 4.78 is 5.30. The summed E-state index contributed by atoms with van der Waals surface area (Å²) in [5.41, 5.74) is 4.21. The molecule has 0 aliphatic carbocycles. The summed E-state index contributed by atoms with van der Waals surface area (Å²) in [7, 11) is 0. The predicted octanol–water partition coefficient (Wildman–Crippen LogP) is 3.55. The Morgan fingerprint density at radius 1 is 1.06 bits per heavy atom. The predicted molar refractivity (Wildman–Crippen MR) is 119 cm³/mol. The number of hydrogen-bond donors (Lipinski definition) is 1. The number of amides is 2. The monoisotopic (exact) mass is 420 g/mol. The third-order valence-electron chi connectivity index (χ3n) is 5.28. The van der Waals surface area contributed by atoms with Crippen molar-refractivity contribution in [3.63, 3.8) is 0 Å². The Labute approximate surface area is 182 Å². The number of aryl methyl sites for hydroxylation is 2. The minimum atomic E-state index is -0.407. The van der Waals surface area contributed by atoms with E-state index in [1.165, 1.54) is 12.5 Å². The summed E-state index contributed by atoms with van der Waals surface area (Å²) >= 11 is 0. The van der Waals surface area contributed by atoms with E-state index in [1.807, 2.05) is 61.5 Å². The molecule has 0 radical (unpaired) electrons. The second-order valence-electron chi connectivity index (χ2n) is 7.65. The number of fused-ring (bicyclic) bond motifs is 1. The Balaban J connectivity index is 1.42. The van der Waals surface area contributed by atoms with Gasteiger partial charge in [0.05, 0.1) is 19.0 Å². The van der Waals surface area contributed by atoms with Crippen LogP contribution in [0.1, 0.15) is 48.1 Å². The highest BCUT2D eigenvalue weighted by atomic mass is 16.5. The third kappa shape index (κ3) is 6.28. The van der Waals surface area contributed by atoms with Crippen LogP contribution < -0.4 is 5.32 Å². The molecule has 1 aliphatic heterocycles. The first-order valence-electron chi connectivity index (χ1n) is 10.5. The van der Waals surface area contributed by atoms with Crippen LogP contribution in [0.4, 0.5) is 0 Å². The number of ether oxygens (including phenoxy) is 1. The van der Waals surface area contributed by atoms with E-state index < -0.39 is 12.0 Å². The average Bonchev–Trinajstić information content (AvgIpc) is 2.76. The van der Waals surface area contributed by atoms with Crippen LogP contribution in [0.15, 0.2) is 54.7 Å². The van der Waals surface area contributed by atoms with Crippen molar-refractivity contribution < 1.29 is 19.1 Å². The van der Waals surface area contributed by atoms with Gasteiger partial charge in [0, 0.05) is 19.5 Å². The molecule has 0 saturated carbocycles. The molecule has 0 bridgehead atoms. The summed E-state index contributed by atoms with van der Waals surface area (Å²) in [4.78, 5) is 37.9. The number of hydrogen-bond acceptors (Lipinski definition) is 4. The maximum Gasteiger partial charge on any atom is 0.308 e. The Morgan fingerprint density at radius 2 is 1.81 bits per heavy atom. The standard InChI is InChI=1S/C25H28N2O4/c1-18-7-9-20(10-8-18)11-12-24(29)26-14-16-31-25(30)17-23-22-6-4-3-5-21(22)13-15-27(23)19(2)28/h3-10,13,15,23H,11-12,14,16-17H2,1-2H3,(H,26,29). The molecule has 1 atom stereocenters. The number of esters is 1. The van der Waals surface area contributed by atoms with Gasteiger partial charge in [-0.15, -0.1) is 0 Å². The fourth-order valence-electron chi connectivity index (χ4n) is 3.59. The molecule has 6 nitrogen and oxygen atoms in total. The van der Waals surface area contributed by atoms with Crippen molar-refractivity contribution in [3.8, 4) is 0 Å². The van der Waals surface area contributed by atoms with Crippen LogP contribution in [-0.2, 0) is 25.5 Å². The molecular weight excluding hydrogens is 392 g/mol. The van der Waals surface area contributed by atoms with Crippen LogP contribution >= 0.6 is 0 Å². The second kappa shape index (κ2) is 10.6. The number of carbonyl (C=O) groups excluding carboxylic acids is 3. The van der Waals surface area contributed by atoms with E-state index in [2.05, 4.69) is 5.32 Å². The first-order chi connectivity index (χ1) is 14.9. The smallest absolute Gasteiger partial charge is 0.308 e. The maximum absolute atomic E-state index is 12.4. The van der Waals surface area contributed by atoms with Crippen molar-refractivity contribution in [3.05, 3.63) is 77.0 Å². The van der Waals surface area contributed by atoms with E-state index in [1.54, 1.807) is 11.1 Å². The zero-order chi connectivity index (χ0) is 22.2. The summed E-state index contributed by atoms with van der Waals surface area (Å²) in [5, 5.41) is 2.77. The van der Waals surface area contributed by atoms with Crippen LogP contribution in [0.2, 0.25) is 0 Å². The van der Waals surface area contributed by atoms with Gasteiger partial charge in [-0.25, -0.2) is 0 Å². The molecule has 1 heterocycles. The van der Waals surface area contributed by atoms with E-state index in [-0.39, 0.29) is 31.4 Å². The van der Waals surface area contributed by atoms with Crippen molar-refractivity contribution >= 4 is 23.9 Å². The zero-order valence-corrected chi connectivity index (χ0v) is 18.0. The molecule has 3 rings (SSSR count). The van der Waals surface area contributed by atoms with Crippen LogP contribution in [0.3, 0.4) is 0 Å². The van der Waals surface area contributed by atoms with Crippen molar-refractivity contribution in [2.75, 3.05) is 13.2 Å². The van der Waals surface area contributed by atoms with Crippen molar-refractivity contribution in [2.24, 2.45) is 0 Å². The van der Waals surface area contributed by atoms with Crippen molar-refractivity contribution in [2.45, 2.75) is 39.2 Å². The molecule has 2 aromatic rings. The molecule has 1 unspecified atom stereocenters. The molecular formula is C25H28N2O4. The molecule has 1 N–H and O–H groups in total. The summed E-state index contributed by atoms with van der Waals surface area (Å²) in [6.45, 7) is 3.86. The lowest BCUT2D eigenvalue weighted by atomic mass is 9.94. The van der Waals surface area contributed by atoms with Gasteiger partial charge in [0.2, 0.25) is 11.8 Å². The quantitative estimate of drug-likeness (QED) is 0.523. The van der Waals surface area contributed by atoms with Crippen LogP contribution in [0, 0.1) is 6.92 Å². The fraction of sp³-hybridized carbons (Fsp3) is 0.320. The Kier molecular flexibility index (Phi) is 7.60. The molecule has 0 spiro atoms. The molecule has 0 fully saturated rings. The van der Waals surface area contributed by atoms with Gasteiger partial charge in [-0.1, -0.05) is 54.1 Å². The molecule has 1 aliphatic rings. The van der Waals surface area contributed by atoms with Crippen LogP contribution in [0.25, 0.3) is 6.08 Å². The first-order valence-corrected chi connectivity index (χ1v) is 10.5. The molecule has 2 aromatic carbocycles. The van der Waals surface area contributed by atoms with Crippen molar-refractivity contribution in [1.29, 1.82) is 0 Å². The lowest BCUT2D eigenvalue weighted by Crippen LogP contribution is -2.33. The SMILES string of the molecule is CC(=O)N1C=Cc2ccccc2C1CC(=O)OCCNC(=O)CCc1ccc(C)cc1. The minimum absolute atomic E-state index is 0.0578. The maximum atomic E-state index is 12.4. The van der Waals surface area contributed by atoms with Gasteiger partial charge in [-0.2, -0.15) is 0 Å². The van der Waals surface area contributed by atoms with Gasteiger partial charge in [0.1, 0.15) is 6.61 Å². The first kappa shape index (κ1) is 22.3. The van der Waals surface area contributed by atoms with E-state index in [0.717, 1.165) is 16.7 Å². The van der Waals surface area contributed by atoms with Gasteiger partial charge in [0.15, 0.2) is 0 Å². The Bertz CT molecular complexity index is 966. The number of benzene rings is 2. The summed E-state index contributed by atoms with van der Waals surface area (Å²) in [5.74, 6) is -0.620. The lowest BCUT2D eigenvalue weighted by molar-refractivity contribution is -0.146. The van der Waals surface area contributed by atoms with Gasteiger partial charge < -0.3 is 15.0 Å². The molecule has 31 heavy (non-hydrogen) atoms. The largest absolute Gasteiger partial charge is 0.464 e. The topological polar surface area (TPSA) is 75.7 Å². The van der Waals surface area contributed by atoms with E-state index in [4.69, 9.17) is 4.74 Å². The number of nitrogens with one attached hydrogen (secondary N) is 1. The lowest BCUT2D eigenvalue weighted by Gasteiger charge is -2.32. The number of nitrogens with zero attached hydrogens (tertiary/aromatic N) is 1. The summed E-state index contributed by atoms with van der Waals surface area (Å²) in [6.07, 6.45) is 4.68. The third-order valence-corrected chi connectivity index (χ3v) is 5.28. The van der Waals surface area contributed by atoms with Crippen molar-refractivity contribution in [1.82, 2.24) is 10.2 Å². The molecule has 6 heteroatoms. The molecule has 162 valence electrons. The highest BCUT2D eigenvalue weighted by Gasteiger charge is 2.28. The second-order valence-corrected chi connectivity index (χ2v) is 7.65. The van der Waals surface area contributed by atoms with E-state index in [9.17, 15) is 14.4 Å². The van der Waals surface area contributed by atoms with E-state index in [0.29, 0.717) is 12.8 Å². The molecule has 0 saturated heterocycles. The molecule has 0 aromatic heterocycles. The van der Waals surface area contributed by atoms with Crippen LogP contribution in [-0.4, -0.2) is 35.8 Å². The normalized spacial score (nSPS) is 14.6. The number of carbonyl (C=O) groups is 3. The Morgan fingerprint density at radius 3 is 2.55 bits per heavy atom. The highest BCUT2D eigenvalue weighted by Crippen LogP contribution is 2.32. The van der Waals surface area contributed by atoms with E-state index >= 15 is 0 Å². The summed E-state index contributed by atoms with van der Waals surface area (Å²) in [6, 6.07) is 15.4. The van der Waals surface area contributed by atoms with Gasteiger partial charge >= 0.3 is 5.97 Å². The van der Waals surface area contributed by atoms with Gasteiger partial charge in [0.25, 0.3) is 0 Å². The Hall–Kier alpha value is -3.41. The zero-order valence-electron chi connectivity index (χ0n) is 18.0. The van der Waals surface area contributed by atoms with Crippen LogP contribution in [0.5, 0.6) is 0 Å². The minimum Gasteiger partial charge on any atom is -0.464 e.